The van der Waals surface area contributed by atoms with Crippen molar-refractivity contribution < 1.29 is 0 Å². The van der Waals surface area contributed by atoms with Crippen LogP contribution in [0.25, 0.3) is 22.6 Å². The number of imidazole rings is 1. The molecule has 0 amide bonds. The van der Waals surface area contributed by atoms with E-state index in [1.165, 1.54) is 43.1 Å². The van der Waals surface area contributed by atoms with Crippen LogP contribution in [-0.4, -0.2) is 19.1 Å². The Bertz CT molecular complexity index is 1210. The molecule has 2 aliphatic carbocycles. The summed E-state index contributed by atoms with van der Waals surface area (Å²) >= 11 is 0. The van der Waals surface area contributed by atoms with Crippen LogP contribution in [0.15, 0.2) is 33.9 Å². The summed E-state index contributed by atoms with van der Waals surface area (Å²) < 4.78 is 3.28. The van der Waals surface area contributed by atoms with Gasteiger partial charge in [0.25, 0.3) is 5.56 Å². The molecule has 2 aliphatic rings. The van der Waals surface area contributed by atoms with E-state index >= 15 is 0 Å². The Hall–Kier alpha value is -2.67. The summed E-state index contributed by atoms with van der Waals surface area (Å²) in [4.78, 5) is 35.1. The Balaban J connectivity index is 1.60. The van der Waals surface area contributed by atoms with Crippen LogP contribution in [0.3, 0.4) is 0 Å². The zero-order chi connectivity index (χ0) is 22.8. The first-order valence-corrected chi connectivity index (χ1v) is 12.7. The lowest BCUT2D eigenvalue weighted by atomic mass is 9.89. The first-order chi connectivity index (χ1) is 16.1. The molecule has 1 aromatic carbocycles. The van der Waals surface area contributed by atoms with Gasteiger partial charge in [-0.25, -0.2) is 9.78 Å². The molecule has 5 rings (SSSR count). The van der Waals surface area contributed by atoms with Crippen LogP contribution in [-0.2, 0) is 19.6 Å². The molecular weight excluding hydrogens is 414 g/mol. The monoisotopic (exact) mass is 449 g/mol. The summed E-state index contributed by atoms with van der Waals surface area (Å²) in [6.07, 6.45) is 11.8. The maximum absolute atomic E-state index is 13.6. The van der Waals surface area contributed by atoms with Crippen molar-refractivity contribution in [1.29, 1.82) is 0 Å². The molecule has 0 spiro atoms. The lowest BCUT2D eigenvalue weighted by Crippen LogP contribution is -2.42. The molecule has 7 nitrogen and oxygen atoms in total. The number of nitrogens with two attached hydrogens (primary N) is 1. The molecular formula is C26H35N5O2. The highest BCUT2D eigenvalue weighted by molar-refractivity contribution is 5.75. The van der Waals surface area contributed by atoms with Crippen molar-refractivity contribution in [3.63, 3.8) is 0 Å². The number of hydrogen-bond donors (Lipinski definition) is 2. The van der Waals surface area contributed by atoms with E-state index in [0.717, 1.165) is 36.8 Å². The zero-order valence-corrected chi connectivity index (χ0v) is 19.4. The molecule has 2 fully saturated rings. The molecule has 0 radical (unpaired) electrons. The van der Waals surface area contributed by atoms with Crippen molar-refractivity contribution in [1.82, 2.24) is 19.1 Å². The van der Waals surface area contributed by atoms with Gasteiger partial charge in [0.15, 0.2) is 5.52 Å². The van der Waals surface area contributed by atoms with Gasteiger partial charge in [-0.1, -0.05) is 62.8 Å². The second kappa shape index (κ2) is 9.67. The van der Waals surface area contributed by atoms with Gasteiger partial charge >= 0.3 is 5.69 Å². The summed E-state index contributed by atoms with van der Waals surface area (Å²) in [7, 11) is 0. The molecule has 0 unspecified atom stereocenters. The third-order valence-corrected chi connectivity index (χ3v) is 7.66. The lowest BCUT2D eigenvalue weighted by molar-refractivity contribution is 0.296. The predicted molar refractivity (Wildman–Crippen MR) is 131 cm³/mol. The van der Waals surface area contributed by atoms with Crippen LogP contribution in [0.5, 0.6) is 0 Å². The fraction of sp³-hybridized carbons (Fsp3) is 0.577. The Labute approximate surface area is 194 Å². The molecule has 2 saturated carbocycles. The third-order valence-electron chi connectivity index (χ3n) is 7.66. The molecule has 0 bridgehead atoms. The second-order valence-corrected chi connectivity index (χ2v) is 10.0. The lowest BCUT2D eigenvalue weighted by Gasteiger charge is -2.24. The molecule has 0 saturated heterocycles. The van der Waals surface area contributed by atoms with Crippen molar-refractivity contribution in [2.45, 2.75) is 83.8 Å². The number of aromatic amines is 1. The van der Waals surface area contributed by atoms with Gasteiger partial charge in [-0.15, -0.1) is 0 Å². The average molecular weight is 450 g/mol. The largest absolute Gasteiger partial charge is 0.332 e. The summed E-state index contributed by atoms with van der Waals surface area (Å²) in [5.74, 6) is 1.49. The van der Waals surface area contributed by atoms with Crippen molar-refractivity contribution in [2.75, 3.05) is 0 Å². The third kappa shape index (κ3) is 4.56. The van der Waals surface area contributed by atoms with Gasteiger partial charge in [0, 0.05) is 25.2 Å². The van der Waals surface area contributed by atoms with Gasteiger partial charge < -0.3 is 10.7 Å². The summed E-state index contributed by atoms with van der Waals surface area (Å²) in [6, 6.07) is 7.87. The Morgan fingerprint density at radius 2 is 1.42 bits per heavy atom. The van der Waals surface area contributed by atoms with Crippen molar-refractivity contribution in [3.05, 3.63) is 50.7 Å². The molecule has 2 heterocycles. The van der Waals surface area contributed by atoms with Gasteiger partial charge in [-0.05, 0) is 43.1 Å². The average Bonchev–Trinajstić information content (AvgIpc) is 3.31. The first kappa shape index (κ1) is 22.1. The van der Waals surface area contributed by atoms with E-state index in [4.69, 9.17) is 10.7 Å². The number of hydrogen-bond acceptors (Lipinski definition) is 4. The zero-order valence-electron chi connectivity index (χ0n) is 19.4. The van der Waals surface area contributed by atoms with Gasteiger partial charge in [0.2, 0.25) is 0 Å². The van der Waals surface area contributed by atoms with E-state index in [0.29, 0.717) is 48.5 Å². The van der Waals surface area contributed by atoms with Crippen molar-refractivity contribution in [3.8, 4) is 11.4 Å². The number of aromatic nitrogens is 4. The standard InChI is InChI=1S/C26H35N5O2/c27-15-18-11-13-21(14-12-18)23-28-22-24(29-23)30(16-19-7-3-1-4-8-19)26(33)31(25(22)32)17-20-9-5-2-6-10-20/h11-14,19-20H,1-10,15-17,27H2,(H,28,29). The van der Waals surface area contributed by atoms with Gasteiger partial charge in [-0.3, -0.25) is 13.9 Å². The SMILES string of the molecule is NCc1ccc(-c2nc3c(=O)n(CC4CCCCC4)c(=O)n(CC4CCCCC4)c3[nH]2)cc1. The highest BCUT2D eigenvalue weighted by Crippen LogP contribution is 2.27. The number of fused-ring (bicyclic) bond motifs is 1. The maximum Gasteiger partial charge on any atom is 0.332 e. The summed E-state index contributed by atoms with van der Waals surface area (Å²) in [5.41, 5.74) is 8.15. The molecule has 7 heteroatoms. The molecule has 2 aromatic heterocycles. The Kier molecular flexibility index (Phi) is 6.49. The minimum absolute atomic E-state index is 0.183. The molecule has 3 N–H and O–H groups in total. The molecule has 176 valence electrons. The summed E-state index contributed by atoms with van der Waals surface area (Å²) in [5, 5.41) is 0. The quantitative estimate of drug-likeness (QED) is 0.590. The highest BCUT2D eigenvalue weighted by Gasteiger charge is 2.23. The van der Waals surface area contributed by atoms with Gasteiger partial charge in [0.1, 0.15) is 11.5 Å². The molecule has 3 aromatic rings. The van der Waals surface area contributed by atoms with Crippen molar-refractivity contribution >= 4 is 11.2 Å². The van der Waals surface area contributed by atoms with E-state index in [1.807, 2.05) is 24.3 Å². The maximum atomic E-state index is 13.6. The first-order valence-electron chi connectivity index (χ1n) is 12.7. The fourth-order valence-corrected chi connectivity index (χ4v) is 5.69. The van der Waals surface area contributed by atoms with Crippen LogP contribution in [0.1, 0.15) is 69.8 Å². The normalized spacial score (nSPS) is 18.2. The van der Waals surface area contributed by atoms with Crippen LogP contribution in [0.4, 0.5) is 0 Å². The topological polar surface area (TPSA) is 98.7 Å². The number of nitrogens with zero attached hydrogens (tertiary/aromatic N) is 3. The van der Waals surface area contributed by atoms with E-state index in [1.54, 1.807) is 4.57 Å². The minimum Gasteiger partial charge on any atom is -0.326 e. The second-order valence-electron chi connectivity index (χ2n) is 10.0. The fourth-order valence-electron chi connectivity index (χ4n) is 5.69. The number of nitrogens with one attached hydrogen (secondary N) is 1. The molecule has 0 aliphatic heterocycles. The minimum atomic E-state index is -0.262. The van der Waals surface area contributed by atoms with Crippen molar-refractivity contribution in [2.24, 2.45) is 17.6 Å². The van der Waals surface area contributed by atoms with Crippen LogP contribution >= 0.6 is 0 Å². The van der Waals surface area contributed by atoms with Gasteiger partial charge in [0.05, 0.1) is 0 Å². The van der Waals surface area contributed by atoms with Crippen LogP contribution < -0.4 is 17.0 Å². The van der Waals surface area contributed by atoms with Crippen LogP contribution in [0, 0.1) is 11.8 Å². The molecule has 0 atom stereocenters. The van der Waals surface area contributed by atoms with E-state index in [9.17, 15) is 9.59 Å². The predicted octanol–water partition coefficient (Wildman–Crippen LogP) is 4.17. The number of H-pyrrole nitrogens is 1. The van der Waals surface area contributed by atoms with E-state index in [-0.39, 0.29) is 11.2 Å². The number of rotatable bonds is 6. The van der Waals surface area contributed by atoms with Gasteiger partial charge in [-0.2, -0.15) is 0 Å². The highest BCUT2D eigenvalue weighted by atomic mass is 16.2. The summed E-state index contributed by atoms with van der Waals surface area (Å²) in [6.45, 7) is 1.63. The molecule has 33 heavy (non-hydrogen) atoms. The Morgan fingerprint density at radius 1 is 0.848 bits per heavy atom. The Morgan fingerprint density at radius 3 is 2.00 bits per heavy atom. The van der Waals surface area contributed by atoms with E-state index < -0.39 is 0 Å². The smallest absolute Gasteiger partial charge is 0.326 e. The van der Waals surface area contributed by atoms with E-state index in [2.05, 4.69) is 4.98 Å². The number of benzene rings is 1. The van der Waals surface area contributed by atoms with Crippen LogP contribution in [0.2, 0.25) is 0 Å².